The van der Waals surface area contributed by atoms with Gasteiger partial charge >= 0.3 is 12.0 Å². The summed E-state index contributed by atoms with van der Waals surface area (Å²) in [4.78, 5) is 23.5. The Kier molecular flexibility index (Phi) is 5.25. The highest BCUT2D eigenvalue weighted by molar-refractivity contribution is 5.94. The molecule has 3 rings (SSSR count). The summed E-state index contributed by atoms with van der Waals surface area (Å²) >= 11 is 0. The van der Waals surface area contributed by atoms with Gasteiger partial charge in [-0.3, -0.25) is 4.79 Å². The van der Waals surface area contributed by atoms with Crippen molar-refractivity contribution in [3.63, 3.8) is 0 Å². The van der Waals surface area contributed by atoms with Crippen LogP contribution in [0.3, 0.4) is 0 Å². The summed E-state index contributed by atoms with van der Waals surface area (Å²) in [5, 5.41) is 6.22. The van der Waals surface area contributed by atoms with Gasteiger partial charge in [0.05, 0.1) is 6.54 Å². The van der Waals surface area contributed by atoms with E-state index in [1.54, 1.807) is 25.1 Å². The second kappa shape index (κ2) is 7.63. The highest BCUT2D eigenvalue weighted by atomic mass is 19.4. The molecular weight excluding hydrogens is 377 g/mol. The molecule has 0 radical (unpaired) electrons. The van der Waals surface area contributed by atoms with E-state index >= 15 is 0 Å². The van der Waals surface area contributed by atoms with E-state index in [0.717, 1.165) is 23.1 Å². The van der Waals surface area contributed by atoms with Gasteiger partial charge in [0.2, 0.25) is 5.91 Å². The van der Waals surface area contributed by atoms with Gasteiger partial charge in [-0.15, -0.1) is 13.2 Å². The molecule has 0 aliphatic heterocycles. The summed E-state index contributed by atoms with van der Waals surface area (Å²) in [5.74, 6) is -0.785. The van der Waals surface area contributed by atoms with Gasteiger partial charge in [0.25, 0.3) is 0 Å². The number of fused-ring (bicyclic) bond motifs is 1. The molecule has 0 unspecified atom stereocenters. The zero-order chi connectivity index (χ0) is 20.3. The number of alkyl halides is 3. The average molecular weight is 392 g/mol. The van der Waals surface area contributed by atoms with Crippen LogP contribution in [0.4, 0.5) is 24.5 Å². The monoisotopic (exact) mass is 392 g/mol. The first-order valence-electron chi connectivity index (χ1n) is 8.14. The maximum absolute atomic E-state index is 12.1. The van der Waals surface area contributed by atoms with Crippen molar-refractivity contribution >= 4 is 28.3 Å². The van der Waals surface area contributed by atoms with Gasteiger partial charge in [-0.2, -0.15) is 0 Å². The fourth-order valence-corrected chi connectivity index (χ4v) is 2.56. The van der Waals surface area contributed by atoms with Crippen molar-refractivity contribution < 1.29 is 27.1 Å². The van der Waals surface area contributed by atoms with Gasteiger partial charge in [0, 0.05) is 28.9 Å². The number of carbonyl (C=O) groups is 1. The lowest BCUT2D eigenvalue weighted by Crippen LogP contribution is -2.21. The van der Waals surface area contributed by atoms with E-state index in [9.17, 15) is 22.8 Å². The molecule has 1 amide bonds. The van der Waals surface area contributed by atoms with E-state index in [0.29, 0.717) is 17.0 Å². The Bertz CT molecular complexity index is 1060. The van der Waals surface area contributed by atoms with Crippen molar-refractivity contribution in [1.82, 2.24) is 0 Å². The van der Waals surface area contributed by atoms with E-state index in [4.69, 9.17) is 4.42 Å². The van der Waals surface area contributed by atoms with Gasteiger partial charge in [-0.05, 0) is 48.9 Å². The zero-order valence-corrected chi connectivity index (χ0v) is 14.6. The SMILES string of the molecule is Cc1cc(=O)oc2cc(NCC(=O)Nc3ccc(OC(F)(F)F)cc3)ccc12. The zero-order valence-electron chi connectivity index (χ0n) is 14.6. The quantitative estimate of drug-likeness (QED) is 0.641. The van der Waals surface area contributed by atoms with Crippen LogP contribution in [0.25, 0.3) is 11.0 Å². The number of carbonyl (C=O) groups excluding carboxylic acids is 1. The summed E-state index contributed by atoms with van der Waals surface area (Å²) in [6.07, 6.45) is -4.77. The fourth-order valence-electron chi connectivity index (χ4n) is 2.56. The first kappa shape index (κ1) is 19.3. The lowest BCUT2D eigenvalue weighted by molar-refractivity contribution is -0.274. The largest absolute Gasteiger partial charge is 0.573 e. The van der Waals surface area contributed by atoms with Crippen LogP contribution in [-0.4, -0.2) is 18.8 Å². The van der Waals surface area contributed by atoms with Crippen LogP contribution in [0.15, 0.2) is 57.7 Å². The van der Waals surface area contributed by atoms with Crippen LogP contribution in [0.2, 0.25) is 0 Å². The molecule has 3 aromatic rings. The van der Waals surface area contributed by atoms with Gasteiger partial charge in [-0.1, -0.05) is 0 Å². The summed E-state index contributed by atoms with van der Waals surface area (Å²) in [6.45, 7) is 1.70. The maximum atomic E-state index is 12.1. The highest BCUT2D eigenvalue weighted by Crippen LogP contribution is 2.24. The number of anilines is 2. The van der Waals surface area contributed by atoms with E-state index in [2.05, 4.69) is 15.4 Å². The van der Waals surface area contributed by atoms with Gasteiger partial charge in [0.15, 0.2) is 0 Å². The fraction of sp³-hybridized carbons (Fsp3) is 0.158. The molecule has 2 N–H and O–H groups in total. The van der Waals surface area contributed by atoms with Crippen LogP contribution in [0.1, 0.15) is 5.56 Å². The van der Waals surface area contributed by atoms with Gasteiger partial charge in [0.1, 0.15) is 11.3 Å². The average Bonchev–Trinajstić information content (AvgIpc) is 2.60. The topological polar surface area (TPSA) is 80.6 Å². The molecule has 0 saturated carbocycles. The highest BCUT2D eigenvalue weighted by Gasteiger charge is 2.30. The Labute approximate surface area is 156 Å². The molecule has 0 fully saturated rings. The third kappa shape index (κ3) is 5.03. The Morgan fingerprint density at radius 1 is 1.07 bits per heavy atom. The van der Waals surface area contributed by atoms with E-state index in [1.807, 2.05) is 0 Å². The first-order chi connectivity index (χ1) is 13.2. The van der Waals surface area contributed by atoms with Gasteiger partial charge in [-0.25, -0.2) is 4.79 Å². The summed E-state index contributed by atoms with van der Waals surface area (Å²) in [5.41, 5.74) is 1.62. The number of rotatable bonds is 5. The van der Waals surface area contributed by atoms with Crippen LogP contribution in [-0.2, 0) is 4.79 Å². The molecule has 1 aromatic heterocycles. The van der Waals surface area contributed by atoms with Crippen molar-refractivity contribution in [2.45, 2.75) is 13.3 Å². The molecule has 0 saturated heterocycles. The molecule has 0 atom stereocenters. The van der Waals surface area contributed by atoms with E-state index < -0.39 is 17.9 Å². The molecule has 1 heterocycles. The number of hydrogen-bond acceptors (Lipinski definition) is 5. The van der Waals surface area contributed by atoms with Crippen molar-refractivity contribution in [3.8, 4) is 5.75 Å². The number of aryl methyl sites for hydroxylation is 1. The Morgan fingerprint density at radius 2 is 1.75 bits per heavy atom. The third-order valence-corrected chi connectivity index (χ3v) is 3.78. The van der Waals surface area contributed by atoms with Crippen molar-refractivity contribution in [2.24, 2.45) is 0 Å². The predicted molar refractivity (Wildman–Crippen MR) is 97.5 cm³/mol. The molecule has 0 aliphatic carbocycles. The minimum Gasteiger partial charge on any atom is -0.423 e. The smallest absolute Gasteiger partial charge is 0.423 e. The third-order valence-electron chi connectivity index (χ3n) is 3.78. The van der Waals surface area contributed by atoms with E-state index in [1.165, 1.54) is 18.2 Å². The number of nitrogens with one attached hydrogen (secondary N) is 2. The second-order valence-corrected chi connectivity index (χ2v) is 5.93. The van der Waals surface area contributed by atoms with Crippen LogP contribution in [0.5, 0.6) is 5.75 Å². The molecule has 0 aliphatic rings. The molecule has 28 heavy (non-hydrogen) atoms. The second-order valence-electron chi connectivity index (χ2n) is 5.93. The number of halogens is 3. The minimum absolute atomic E-state index is 0.0949. The lowest BCUT2D eigenvalue weighted by atomic mass is 10.1. The maximum Gasteiger partial charge on any atom is 0.573 e. The van der Waals surface area contributed by atoms with Crippen molar-refractivity contribution in [1.29, 1.82) is 0 Å². The Balaban J connectivity index is 1.60. The summed E-state index contributed by atoms with van der Waals surface area (Å²) in [7, 11) is 0. The minimum atomic E-state index is -4.77. The Morgan fingerprint density at radius 3 is 2.43 bits per heavy atom. The van der Waals surface area contributed by atoms with E-state index in [-0.39, 0.29) is 12.3 Å². The molecule has 0 spiro atoms. The van der Waals surface area contributed by atoms with Gasteiger partial charge < -0.3 is 19.8 Å². The van der Waals surface area contributed by atoms with Crippen LogP contribution >= 0.6 is 0 Å². The molecule has 146 valence electrons. The summed E-state index contributed by atoms with van der Waals surface area (Å²) < 4.78 is 45.3. The van der Waals surface area contributed by atoms with Crippen LogP contribution in [0, 0.1) is 6.92 Å². The number of hydrogen-bond donors (Lipinski definition) is 2. The van der Waals surface area contributed by atoms with Crippen molar-refractivity contribution in [2.75, 3.05) is 17.2 Å². The Hall–Kier alpha value is -3.49. The number of amides is 1. The normalized spacial score (nSPS) is 11.3. The molecule has 9 heteroatoms. The molecule has 6 nitrogen and oxygen atoms in total. The summed E-state index contributed by atoms with van der Waals surface area (Å²) in [6, 6.07) is 11.3. The predicted octanol–water partition coefficient (Wildman–Crippen LogP) is 4.05. The molecule has 2 aromatic carbocycles. The number of ether oxygens (including phenoxy) is 1. The molecule has 0 bridgehead atoms. The van der Waals surface area contributed by atoms with Crippen LogP contribution < -0.4 is 21.0 Å². The number of benzene rings is 2. The standard InChI is InChI=1S/C19H15F3N2O4/c1-11-8-18(26)27-16-9-13(4-7-15(11)16)23-10-17(25)24-12-2-5-14(6-3-12)28-19(20,21)22/h2-9,23H,10H2,1H3,(H,24,25). The lowest BCUT2D eigenvalue weighted by Gasteiger charge is -2.11. The van der Waals surface area contributed by atoms with Crippen molar-refractivity contribution in [3.05, 3.63) is 64.5 Å². The first-order valence-corrected chi connectivity index (χ1v) is 8.14. The molecular formula is C19H15F3N2O4.